The Morgan fingerprint density at radius 2 is 1.89 bits per heavy atom. The zero-order valence-electron chi connectivity index (χ0n) is 17.4. The van der Waals surface area contributed by atoms with Crippen molar-refractivity contribution in [2.45, 2.75) is 45.2 Å². The molecule has 2 aliphatic rings. The van der Waals surface area contributed by atoms with E-state index in [1.165, 1.54) is 0 Å². The lowest BCUT2D eigenvalue weighted by Gasteiger charge is -2.46. The van der Waals surface area contributed by atoms with Crippen LogP contribution in [-0.4, -0.2) is 88.6 Å². The highest BCUT2D eigenvalue weighted by atomic mass is 16.4. The Bertz CT molecular complexity index is 679. The molecule has 2 saturated heterocycles. The summed E-state index contributed by atoms with van der Waals surface area (Å²) in [4.78, 5) is 31.1. The lowest BCUT2D eigenvalue weighted by atomic mass is 9.86. The molecule has 7 heteroatoms. The molecule has 1 N–H and O–H groups in total. The van der Waals surface area contributed by atoms with Crippen LogP contribution in [0.2, 0.25) is 0 Å². The Morgan fingerprint density at radius 3 is 2.54 bits per heavy atom. The first-order valence-electron chi connectivity index (χ1n) is 10.5. The van der Waals surface area contributed by atoms with Gasteiger partial charge in [0.1, 0.15) is 5.69 Å². The van der Waals surface area contributed by atoms with Crippen LogP contribution in [0.15, 0.2) is 18.3 Å². The van der Waals surface area contributed by atoms with Gasteiger partial charge in [-0.2, -0.15) is 0 Å². The summed E-state index contributed by atoms with van der Waals surface area (Å²) in [5, 5.41) is 9.19. The van der Waals surface area contributed by atoms with Crippen molar-refractivity contribution in [1.29, 1.82) is 0 Å². The predicted molar refractivity (Wildman–Crippen MR) is 109 cm³/mol. The molecule has 1 aromatic rings. The largest absolute Gasteiger partial charge is 0.481 e. The molecule has 0 aromatic carbocycles. The van der Waals surface area contributed by atoms with E-state index in [-0.39, 0.29) is 24.3 Å². The second-order valence-corrected chi connectivity index (χ2v) is 8.53. The lowest BCUT2D eigenvalue weighted by molar-refractivity contribution is -0.137. The number of likely N-dealkylation sites (N-methyl/N-ethyl adjacent to an activating group) is 1. The number of carboxylic acid groups (broad SMARTS) is 1. The van der Waals surface area contributed by atoms with Crippen molar-refractivity contribution < 1.29 is 14.7 Å². The van der Waals surface area contributed by atoms with Crippen LogP contribution < -0.4 is 0 Å². The fourth-order valence-electron chi connectivity index (χ4n) is 4.62. The fraction of sp³-hybridized carbons (Fsp3) is 0.714. The zero-order chi connectivity index (χ0) is 20.3. The molecule has 3 heterocycles. The Morgan fingerprint density at radius 1 is 1.18 bits per heavy atom. The van der Waals surface area contributed by atoms with E-state index in [1.807, 2.05) is 27.8 Å². The van der Waals surface area contributed by atoms with Crippen molar-refractivity contribution in [1.82, 2.24) is 19.3 Å². The minimum atomic E-state index is -0.755. The Hall–Kier alpha value is -1.86. The molecule has 0 radical (unpaired) electrons. The number of aromatic nitrogens is 1. The number of carbonyl (C=O) groups excluding carboxylic acids is 1. The van der Waals surface area contributed by atoms with E-state index < -0.39 is 5.97 Å². The second-order valence-electron chi connectivity index (χ2n) is 8.53. The number of carbonyl (C=O) groups is 2. The number of likely N-dealkylation sites (tertiary alicyclic amines) is 1. The number of rotatable bonds is 6. The van der Waals surface area contributed by atoms with E-state index in [1.54, 1.807) is 0 Å². The van der Waals surface area contributed by atoms with Gasteiger partial charge in [0, 0.05) is 64.0 Å². The highest BCUT2D eigenvalue weighted by molar-refractivity contribution is 5.93. The van der Waals surface area contributed by atoms with Crippen LogP contribution >= 0.6 is 0 Å². The summed E-state index contributed by atoms with van der Waals surface area (Å²) in [5.74, 6) is -0.482. The molecule has 2 atom stereocenters. The van der Waals surface area contributed by atoms with E-state index >= 15 is 0 Å². The van der Waals surface area contributed by atoms with Gasteiger partial charge in [-0.25, -0.2) is 0 Å². The van der Waals surface area contributed by atoms with E-state index in [0.717, 1.165) is 44.8 Å². The summed E-state index contributed by atoms with van der Waals surface area (Å²) in [6, 6.07) is 4.42. The highest BCUT2D eigenvalue weighted by Gasteiger charge is 2.36. The van der Waals surface area contributed by atoms with E-state index in [9.17, 15) is 14.7 Å². The quantitative estimate of drug-likeness (QED) is 0.805. The molecule has 2 aliphatic heterocycles. The van der Waals surface area contributed by atoms with Crippen molar-refractivity contribution in [2.75, 3.05) is 46.3 Å². The molecular weight excluding hydrogens is 356 g/mol. The maximum atomic E-state index is 13.2. The van der Waals surface area contributed by atoms with Gasteiger partial charge in [0.2, 0.25) is 0 Å². The maximum Gasteiger partial charge on any atom is 0.303 e. The van der Waals surface area contributed by atoms with Gasteiger partial charge < -0.3 is 19.5 Å². The predicted octanol–water partition coefficient (Wildman–Crippen LogP) is 2.01. The second kappa shape index (κ2) is 9.09. The molecule has 0 unspecified atom stereocenters. The summed E-state index contributed by atoms with van der Waals surface area (Å²) in [6.45, 7) is 9.68. The number of hydrogen-bond donors (Lipinski definition) is 1. The van der Waals surface area contributed by atoms with Gasteiger partial charge in [-0.15, -0.1) is 0 Å². The van der Waals surface area contributed by atoms with Gasteiger partial charge >= 0.3 is 5.97 Å². The van der Waals surface area contributed by atoms with E-state index in [0.29, 0.717) is 19.0 Å². The monoisotopic (exact) mass is 390 g/mol. The van der Waals surface area contributed by atoms with Crippen molar-refractivity contribution in [2.24, 2.45) is 5.92 Å². The topological polar surface area (TPSA) is 69.0 Å². The highest BCUT2D eigenvalue weighted by Crippen LogP contribution is 2.28. The Kier molecular flexibility index (Phi) is 6.78. The van der Waals surface area contributed by atoms with Crippen LogP contribution in [0.25, 0.3) is 0 Å². The van der Waals surface area contributed by atoms with Crippen LogP contribution in [-0.2, 0) is 4.79 Å². The smallest absolute Gasteiger partial charge is 0.303 e. The number of aliphatic carboxylic acids is 1. The van der Waals surface area contributed by atoms with Gasteiger partial charge in [0.25, 0.3) is 5.91 Å². The summed E-state index contributed by atoms with van der Waals surface area (Å²) < 4.78 is 2.02. The number of nitrogens with zero attached hydrogens (tertiary/aromatic N) is 4. The van der Waals surface area contributed by atoms with E-state index in [4.69, 9.17) is 0 Å². The first kappa shape index (κ1) is 20.9. The third-order valence-corrected chi connectivity index (χ3v) is 6.27. The first-order chi connectivity index (χ1) is 13.4. The molecule has 3 rings (SSSR count). The third kappa shape index (κ3) is 4.75. The van der Waals surface area contributed by atoms with Crippen LogP contribution in [0.5, 0.6) is 0 Å². The number of piperidine rings is 1. The molecule has 28 heavy (non-hydrogen) atoms. The molecule has 1 amide bonds. The Balaban J connectivity index is 1.71. The average molecular weight is 391 g/mol. The minimum absolute atomic E-state index is 0.0656. The number of amides is 1. The van der Waals surface area contributed by atoms with Crippen molar-refractivity contribution in [3.05, 3.63) is 24.0 Å². The molecule has 156 valence electrons. The number of piperazine rings is 1. The number of hydrogen-bond acceptors (Lipinski definition) is 4. The third-order valence-electron chi connectivity index (χ3n) is 6.27. The van der Waals surface area contributed by atoms with Gasteiger partial charge in [-0.3, -0.25) is 14.5 Å². The van der Waals surface area contributed by atoms with Gasteiger partial charge in [0.05, 0.1) is 0 Å². The summed E-state index contributed by atoms with van der Waals surface area (Å²) in [5.41, 5.74) is 0.727. The molecule has 7 nitrogen and oxygen atoms in total. The minimum Gasteiger partial charge on any atom is -0.481 e. The van der Waals surface area contributed by atoms with Crippen LogP contribution in [0.1, 0.15) is 49.6 Å². The zero-order valence-corrected chi connectivity index (χ0v) is 17.4. The molecule has 0 spiro atoms. The maximum absolute atomic E-state index is 13.2. The van der Waals surface area contributed by atoms with Crippen LogP contribution in [0.4, 0.5) is 0 Å². The SMILES string of the molecule is CC(C)n1cccc1C(=O)N1CC[C@H](N2CCN(C)CC2)[C@H](CCC(=O)O)C1. The first-order valence-corrected chi connectivity index (χ1v) is 10.5. The summed E-state index contributed by atoms with van der Waals surface area (Å²) >= 11 is 0. The van der Waals surface area contributed by atoms with Gasteiger partial charge in [0.15, 0.2) is 0 Å². The standard InChI is InChI=1S/C21H34N4O3/c1-16(2)25-9-4-5-19(25)21(28)24-10-8-18(17(15-24)6-7-20(26)27)23-13-11-22(3)12-14-23/h4-5,9,16-18H,6-8,10-15H2,1-3H3,(H,26,27)/t17-,18+/m1/s1. The van der Waals surface area contributed by atoms with Crippen LogP contribution in [0.3, 0.4) is 0 Å². The van der Waals surface area contributed by atoms with E-state index in [2.05, 4.69) is 30.7 Å². The van der Waals surface area contributed by atoms with Gasteiger partial charge in [-0.05, 0) is 51.8 Å². The Labute approximate surface area is 167 Å². The van der Waals surface area contributed by atoms with Gasteiger partial charge in [-0.1, -0.05) is 0 Å². The molecule has 2 fully saturated rings. The normalized spacial score (nSPS) is 24.6. The molecule has 1 aromatic heterocycles. The summed E-state index contributed by atoms with van der Waals surface area (Å²) in [7, 11) is 2.14. The van der Waals surface area contributed by atoms with Crippen LogP contribution in [0, 0.1) is 5.92 Å². The molecular formula is C21H34N4O3. The average Bonchev–Trinajstić information content (AvgIpc) is 3.16. The summed E-state index contributed by atoms with van der Waals surface area (Å²) in [6.07, 6.45) is 3.67. The van der Waals surface area contributed by atoms with Crippen molar-refractivity contribution in [3.8, 4) is 0 Å². The van der Waals surface area contributed by atoms with Crippen molar-refractivity contribution in [3.63, 3.8) is 0 Å². The molecule has 0 saturated carbocycles. The van der Waals surface area contributed by atoms with Crippen molar-refractivity contribution >= 4 is 11.9 Å². The molecule has 0 bridgehead atoms. The number of carboxylic acids is 1. The molecule has 0 aliphatic carbocycles. The lowest BCUT2D eigenvalue weighted by Crippen LogP contribution is -2.57. The fourth-order valence-corrected chi connectivity index (χ4v) is 4.62.